The quantitative estimate of drug-likeness (QED) is 0.769. The van der Waals surface area contributed by atoms with Crippen molar-refractivity contribution in [3.05, 3.63) is 41.9 Å². The van der Waals surface area contributed by atoms with E-state index in [1.807, 2.05) is 0 Å². The van der Waals surface area contributed by atoms with Crippen LogP contribution in [-0.2, 0) is 16.6 Å². The molecule has 0 amide bonds. The maximum absolute atomic E-state index is 12.1. The number of nitrogens with one attached hydrogen (secondary N) is 3. The topological polar surface area (TPSA) is 86.9 Å². The molecule has 19 heavy (non-hydrogen) atoms. The van der Waals surface area contributed by atoms with E-state index in [9.17, 15) is 8.42 Å². The highest BCUT2D eigenvalue weighted by atomic mass is 32.2. The molecular formula is C12H16N4O2S. The lowest BCUT2D eigenvalue weighted by Crippen LogP contribution is -2.13. The second-order valence-electron chi connectivity index (χ2n) is 4.16. The third-order valence-electron chi connectivity index (χ3n) is 2.52. The molecule has 0 aromatic carbocycles. The van der Waals surface area contributed by atoms with Gasteiger partial charge >= 0.3 is 0 Å². The summed E-state index contributed by atoms with van der Waals surface area (Å²) in [4.78, 5) is 7.22. The number of hydrogen-bond acceptors (Lipinski definition) is 4. The van der Waals surface area contributed by atoms with E-state index in [4.69, 9.17) is 0 Å². The zero-order valence-electron chi connectivity index (χ0n) is 10.8. The number of H-pyrrole nitrogens is 1. The summed E-state index contributed by atoms with van der Waals surface area (Å²) in [6, 6.07) is 6.77. The predicted octanol–water partition coefficient (Wildman–Crippen LogP) is 1.24. The van der Waals surface area contributed by atoms with Gasteiger partial charge in [-0.25, -0.2) is 13.4 Å². The zero-order chi connectivity index (χ0) is 13.9. The van der Waals surface area contributed by atoms with E-state index in [0.29, 0.717) is 12.4 Å². The Morgan fingerprint density at radius 3 is 2.84 bits per heavy atom. The molecule has 102 valence electrons. The lowest BCUT2D eigenvalue weighted by molar-refractivity contribution is 0.601. The summed E-state index contributed by atoms with van der Waals surface area (Å²) in [7, 11) is -1.80. The first-order chi connectivity index (χ1) is 9.01. The van der Waals surface area contributed by atoms with Crippen LogP contribution in [0.1, 0.15) is 11.4 Å². The monoisotopic (exact) mass is 280 g/mol. The van der Waals surface area contributed by atoms with E-state index >= 15 is 0 Å². The van der Waals surface area contributed by atoms with Gasteiger partial charge in [-0.15, -0.1) is 0 Å². The first-order valence-electron chi connectivity index (χ1n) is 5.79. The van der Waals surface area contributed by atoms with Crippen molar-refractivity contribution in [2.75, 3.05) is 11.8 Å². The van der Waals surface area contributed by atoms with E-state index < -0.39 is 10.0 Å². The molecule has 0 unspecified atom stereocenters. The minimum atomic E-state index is -3.60. The van der Waals surface area contributed by atoms with E-state index in [-0.39, 0.29) is 4.90 Å². The summed E-state index contributed by atoms with van der Waals surface area (Å²) in [6.45, 7) is 2.39. The van der Waals surface area contributed by atoms with Crippen LogP contribution < -0.4 is 10.0 Å². The lowest BCUT2D eigenvalue weighted by Gasteiger charge is -2.05. The summed E-state index contributed by atoms with van der Waals surface area (Å²) in [6.07, 6.45) is 1.46. The van der Waals surface area contributed by atoms with E-state index in [1.165, 1.54) is 6.20 Å². The molecule has 0 spiro atoms. The van der Waals surface area contributed by atoms with Gasteiger partial charge in [-0.05, 0) is 32.2 Å². The van der Waals surface area contributed by atoms with Gasteiger partial charge in [0.25, 0.3) is 10.0 Å². The van der Waals surface area contributed by atoms with Crippen LogP contribution in [0.2, 0.25) is 0 Å². The fourth-order valence-electron chi connectivity index (χ4n) is 1.66. The van der Waals surface area contributed by atoms with Crippen LogP contribution >= 0.6 is 0 Å². The maximum Gasteiger partial charge on any atom is 0.264 e. The van der Waals surface area contributed by atoms with E-state index in [0.717, 1.165) is 11.4 Å². The largest absolute Gasteiger partial charge is 0.363 e. The maximum atomic E-state index is 12.1. The molecule has 6 nitrogen and oxygen atoms in total. The van der Waals surface area contributed by atoms with Crippen LogP contribution in [0.15, 0.2) is 35.4 Å². The van der Waals surface area contributed by atoms with Gasteiger partial charge in [0.15, 0.2) is 0 Å². The number of nitrogens with zero attached hydrogens (tertiary/aromatic N) is 1. The molecule has 2 heterocycles. The van der Waals surface area contributed by atoms with Gasteiger partial charge in [0.2, 0.25) is 0 Å². The Morgan fingerprint density at radius 1 is 1.37 bits per heavy atom. The van der Waals surface area contributed by atoms with Crippen LogP contribution in [0.3, 0.4) is 0 Å². The van der Waals surface area contributed by atoms with Crippen molar-refractivity contribution >= 4 is 15.8 Å². The van der Waals surface area contributed by atoms with Gasteiger partial charge in [-0.3, -0.25) is 4.72 Å². The fourth-order valence-corrected chi connectivity index (χ4v) is 2.68. The highest BCUT2D eigenvalue weighted by Gasteiger charge is 2.16. The molecule has 0 aliphatic carbocycles. The predicted molar refractivity (Wildman–Crippen MR) is 73.3 cm³/mol. The number of pyridine rings is 1. The van der Waals surface area contributed by atoms with Crippen molar-refractivity contribution in [2.24, 2.45) is 0 Å². The second-order valence-corrected chi connectivity index (χ2v) is 5.84. The Labute approximate surface area is 112 Å². The fraction of sp³-hybridized carbons (Fsp3) is 0.250. The molecule has 0 saturated carbocycles. The first-order valence-corrected chi connectivity index (χ1v) is 7.28. The molecule has 2 rings (SSSR count). The van der Waals surface area contributed by atoms with Crippen molar-refractivity contribution in [2.45, 2.75) is 18.4 Å². The number of aryl methyl sites for hydroxylation is 1. The van der Waals surface area contributed by atoms with Gasteiger partial charge < -0.3 is 10.3 Å². The normalized spacial score (nSPS) is 11.5. The van der Waals surface area contributed by atoms with Gasteiger partial charge in [0.05, 0.1) is 0 Å². The van der Waals surface area contributed by atoms with Crippen LogP contribution in [0.4, 0.5) is 5.82 Å². The highest BCUT2D eigenvalue weighted by Crippen LogP contribution is 2.15. The molecule has 0 aliphatic heterocycles. The van der Waals surface area contributed by atoms with Crippen molar-refractivity contribution in [1.82, 2.24) is 15.3 Å². The Kier molecular flexibility index (Phi) is 3.87. The van der Waals surface area contributed by atoms with Gasteiger partial charge in [-0.2, -0.15) is 0 Å². The summed E-state index contributed by atoms with van der Waals surface area (Å²) < 4.78 is 26.7. The Hall–Kier alpha value is -1.86. The van der Waals surface area contributed by atoms with Crippen molar-refractivity contribution in [3.8, 4) is 0 Å². The molecule has 2 aromatic heterocycles. The zero-order valence-corrected chi connectivity index (χ0v) is 11.6. The van der Waals surface area contributed by atoms with Gasteiger partial charge in [0, 0.05) is 24.1 Å². The standard InChI is InChI=1S/C12H16N4O2S/c1-9-4-3-5-12(15-9)16-19(17,18)11-6-10(7-13-2)14-8-11/h3-6,8,13-14H,7H2,1-2H3,(H,15,16). The molecule has 0 fully saturated rings. The highest BCUT2D eigenvalue weighted by molar-refractivity contribution is 7.92. The number of anilines is 1. The average molecular weight is 280 g/mol. The Morgan fingerprint density at radius 2 is 2.16 bits per heavy atom. The number of aromatic nitrogens is 2. The van der Waals surface area contributed by atoms with E-state index in [1.54, 1.807) is 38.2 Å². The summed E-state index contributed by atoms with van der Waals surface area (Å²) in [5.41, 5.74) is 1.56. The molecule has 0 radical (unpaired) electrons. The number of rotatable bonds is 5. The molecule has 0 bridgehead atoms. The molecule has 0 atom stereocenters. The second kappa shape index (κ2) is 5.41. The minimum Gasteiger partial charge on any atom is -0.363 e. The third kappa shape index (κ3) is 3.33. The Bertz CT molecular complexity index is 664. The summed E-state index contributed by atoms with van der Waals surface area (Å²) in [5.74, 6) is 0.316. The van der Waals surface area contributed by atoms with Gasteiger partial charge in [0.1, 0.15) is 10.7 Å². The molecule has 3 N–H and O–H groups in total. The van der Waals surface area contributed by atoms with Crippen LogP contribution in [-0.4, -0.2) is 25.4 Å². The summed E-state index contributed by atoms with van der Waals surface area (Å²) >= 11 is 0. The number of sulfonamides is 1. The van der Waals surface area contributed by atoms with Crippen LogP contribution in [0.5, 0.6) is 0 Å². The van der Waals surface area contributed by atoms with Crippen LogP contribution in [0.25, 0.3) is 0 Å². The van der Waals surface area contributed by atoms with Crippen molar-refractivity contribution in [3.63, 3.8) is 0 Å². The summed E-state index contributed by atoms with van der Waals surface area (Å²) in [5, 5.41) is 2.95. The minimum absolute atomic E-state index is 0.195. The first kappa shape index (κ1) is 13.6. The van der Waals surface area contributed by atoms with Gasteiger partial charge in [-0.1, -0.05) is 6.07 Å². The molecular weight excluding hydrogens is 264 g/mol. The molecule has 7 heteroatoms. The number of aromatic amines is 1. The van der Waals surface area contributed by atoms with E-state index in [2.05, 4.69) is 20.0 Å². The Balaban J connectivity index is 2.22. The lowest BCUT2D eigenvalue weighted by atomic mass is 10.4. The van der Waals surface area contributed by atoms with Crippen LogP contribution in [0, 0.1) is 6.92 Å². The van der Waals surface area contributed by atoms with Crippen molar-refractivity contribution in [1.29, 1.82) is 0 Å². The van der Waals surface area contributed by atoms with Crippen molar-refractivity contribution < 1.29 is 8.42 Å². The smallest absolute Gasteiger partial charge is 0.264 e. The number of hydrogen-bond donors (Lipinski definition) is 3. The SMILES string of the molecule is CNCc1cc(S(=O)(=O)Nc2cccc(C)n2)c[nH]1. The molecule has 2 aromatic rings. The molecule has 0 aliphatic rings. The average Bonchev–Trinajstić information content (AvgIpc) is 2.78. The third-order valence-corrected chi connectivity index (χ3v) is 3.86. The molecule has 0 saturated heterocycles.